The molecule has 0 aliphatic heterocycles. The molecule has 3 amide bonds. The molecule has 1 heterocycles. The molecule has 0 atom stereocenters. The summed E-state index contributed by atoms with van der Waals surface area (Å²) in [4.78, 5) is 25.0. The number of urea groups is 1. The number of rotatable bonds is 1. The summed E-state index contributed by atoms with van der Waals surface area (Å²) in [7, 11) is 0. The van der Waals surface area contributed by atoms with E-state index in [1.807, 2.05) is 5.32 Å². The molecular weight excluding hydrogens is 172 g/mol. The predicted molar refractivity (Wildman–Crippen MR) is 45.7 cm³/mol. The number of nitrogens with one attached hydrogen (secondary N) is 1. The van der Waals surface area contributed by atoms with E-state index in [2.05, 4.69) is 4.98 Å². The van der Waals surface area contributed by atoms with Crippen molar-refractivity contribution in [2.45, 2.75) is 0 Å². The van der Waals surface area contributed by atoms with Crippen molar-refractivity contribution in [3.05, 3.63) is 24.0 Å². The number of pyridine rings is 1. The van der Waals surface area contributed by atoms with Crippen molar-refractivity contribution in [3.63, 3.8) is 0 Å². The smallest absolute Gasteiger partial charge is 0.319 e. The first-order valence-corrected chi connectivity index (χ1v) is 3.42. The van der Waals surface area contributed by atoms with Gasteiger partial charge in [0, 0.05) is 0 Å². The van der Waals surface area contributed by atoms with Gasteiger partial charge in [-0.2, -0.15) is 0 Å². The summed E-state index contributed by atoms with van der Waals surface area (Å²) in [6.07, 6.45) is 1.32. The minimum absolute atomic E-state index is 0.0907. The van der Waals surface area contributed by atoms with Gasteiger partial charge in [0.2, 0.25) is 0 Å². The van der Waals surface area contributed by atoms with Crippen LogP contribution in [0.5, 0.6) is 0 Å². The summed E-state index contributed by atoms with van der Waals surface area (Å²) in [5, 5.41) is 1.88. The number of nitrogen functional groups attached to an aromatic ring is 1. The third-order valence-corrected chi connectivity index (χ3v) is 1.26. The Labute approximate surface area is 73.9 Å². The van der Waals surface area contributed by atoms with Gasteiger partial charge in [-0.25, -0.2) is 9.78 Å². The van der Waals surface area contributed by atoms with Crippen molar-refractivity contribution < 1.29 is 9.59 Å². The molecule has 0 radical (unpaired) electrons. The first-order chi connectivity index (χ1) is 6.09. The van der Waals surface area contributed by atoms with Crippen LogP contribution in [0.2, 0.25) is 0 Å². The Morgan fingerprint density at radius 3 is 2.54 bits per heavy atom. The molecule has 1 aromatic heterocycles. The quantitative estimate of drug-likeness (QED) is 0.539. The fourth-order valence-corrected chi connectivity index (χ4v) is 0.716. The van der Waals surface area contributed by atoms with Gasteiger partial charge in [-0.1, -0.05) is 0 Å². The molecule has 0 spiro atoms. The number of nitrogens with two attached hydrogens (primary N) is 2. The van der Waals surface area contributed by atoms with Crippen LogP contribution in [-0.4, -0.2) is 16.9 Å². The topological polar surface area (TPSA) is 111 Å². The second-order valence-electron chi connectivity index (χ2n) is 2.30. The van der Waals surface area contributed by atoms with Crippen molar-refractivity contribution in [3.8, 4) is 0 Å². The van der Waals surface area contributed by atoms with Gasteiger partial charge in [0.05, 0.1) is 11.9 Å². The van der Waals surface area contributed by atoms with Crippen molar-refractivity contribution in [2.75, 3.05) is 5.73 Å². The van der Waals surface area contributed by atoms with Crippen LogP contribution in [0.25, 0.3) is 0 Å². The number of amides is 3. The van der Waals surface area contributed by atoms with Crippen molar-refractivity contribution in [2.24, 2.45) is 5.73 Å². The standard InChI is InChI=1S/C7H8N4O2/c8-4-1-2-5(10-3-4)6(12)11-7(9)13/h1-3H,8H2,(H3,9,11,12,13). The number of carbonyl (C=O) groups is 2. The van der Waals surface area contributed by atoms with Crippen LogP contribution in [0.3, 0.4) is 0 Å². The van der Waals surface area contributed by atoms with Crippen LogP contribution in [0.15, 0.2) is 18.3 Å². The highest BCUT2D eigenvalue weighted by Crippen LogP contribution is 2.00. The molecule has 1 aromatic rings. The average molecular weight is 180 g/mol. The number of nitrogens with zero attached hydrogens (tertiary/aromatic N) is 1. The van der Waals surface area contributed by atoms with Gasteiger partial charge in [-0.05, 0) is 12.1 Å². The molecule has 5 N–H and O–H groups in total. The van der Waals surface area contributed by atoms with Crippen molar-refractivity contribution in [1.82, 2.24) is 10.3 Å². The number of hydrogen-bond acceptors (Lipinski definition) is 4. The third-order valence-electron chi connectivity index (χ3n) is 1.26. The molecule has 0 bridgehead atoms. The molecule has 0 fully saturated rings. The minimum Gasteiger partial charge on any atom is -0.397 e. The number of aromatic nitrogens is 1. The number of anilines is 1. The van der Waals surface area contributed by atoms with Gasteiger partial charge in [-0.15, -0.1) is 0 Å². The van der Waals surface area contributed by atoms with Gasteiger partial charge < -0.3 is 11.5 Å². The van der Waals surface area contributed by atoms with E-state index in [1.54, 1.807) is 0 Å². The summed E-state index contributed by atoms with van der Waals surface area (Å²) in [5.41, 5.74) is 10.6. The summed E-state index contributed by atoms with van der Waals surface area (Å²) in [6.45, 7) is 0. The maximum atomic E-state index is 11.1. The second kappa shape index (κ2) is 3.53. The number of imide groups is 1. The summed E-state index contributed by atoms with van der Waals surface area (Å²) >= 11 is 0. The van der Waals surface area contributed by atoms with Gasteiger partial charge >= 0.3 is 6.03 Å². The molecule has 1 rings (SSSR count). The van der Waals surface area contributed by atoms with Gasteiger partial charge in [0.1, 0.15) is 5.69 Å². The second-order valence-corrected chi connectivity index (χ2v) is 2.30. The summed E-state index contributed by atoms with van der Waals surface area (Å²) < 4.78 is 0. The van der Waals surface area contributed by atoms with E-state index in [1.165, 1.54) is 18.3 Å². The zero-order valence-corrected chi connectivity index (χ0v) is 6.65. The highest BCUT2D eigenvalue weighted by Gasteiger charge is 2.07. The van der Waals surface area contributed by atoms with E-state index < -0.39 is 11.9 Å². The van der Waals surface area contributed by atoms with Crippen LogP contribution < -0.4 is 16.8 Å². The summed E-state index contributed by atoms with van der Waals surface area (Å²) in [5.74, 6) is -0.646. The largest absolute Gasteiger partial charge is 0.397 e. The Balaban J connectivity index is 2.78. The SMILES string of the molecule is NC(=O)NC(=O)c1ccc(N)cn1. The lowest BCUT2D eigenvalue weighted by molar-refractivity contribution is 0.0961. The predicted octanol–water partition coefficient (Wildman–Crippen LogP) is -0.528. The van der Waals surface area contributed by atoms with E-state index in [-0.39, 0.29) is 5.69 Å². The molecule has 0 unspecified atom stereocenters. The molecular formula is C7H8N4O2. The van der Waals surface area contributed by atoms with Gasteiger partial charge in [-0.3, -0.25) is 10.1 Å². The Morgan fingerprint density at radius 2 is 2.08 bits per heavy atom. The van der Waals surface area contributed by atoms with Crippen molar-refractivity contribution >= 4 is 17.6 Å². The first kappa shape index (κ1) is 8.98. The number of primary amides is 1. The highest BCUT2D eigenvalue weighted by atomic mass is 16.2. The Kier molecular flexibility index (Phi) is 2.44. The normalized spacial score (nSPS) is 9.23. The fourth-order valence-electron chi connectivity index (χ4n) is 0.716. The lowest BCUT2D eigenvalue weighted by atomic mass is 10.3. The Bertz CT molecular complexity index is 333. The Morgan fingerprint density at radius 1 is 1.38 bits per heavy atom. The van der Waals surface area contributed by atoms with Crippen LogP contribution in [0, 0.1) is 0 Å². The van der Waals surface area contributed by atoms with E-state index in [0.717, 1.165) is 0 Å². The minimum atomic E-state index is -0.913. The first-order valence-electron chi connectivity index (χ1n) is 3.42. The van der Waals surface area contributed by atoms with E-state index >= 15 is 0 Å². The van der Waals surface area contributed by atoms with Gasteiger partial charge in [0.25, 0.3) is 5.91 Å². The van der Waals surface area contributed by atoms with Crippen LogP contribution in [-0.2, 0) is 0 Å². The average Bonchev–Trinajstić information content (AvgIpc) is 2.04. The monoisotopic (exact) mass is 180 g/mol. The maximum absolute atomic E-state index is 11.1. The number of carbonyl (C=O) groups excluding carboxylic acids is 2. The van der Waals surface area contributed by atoms with Crippen molar-refractivity contribution in [1.29, 1.82) is 0 Å². The molecule has 6 nitrogen and oxygen atoms in total. The molecule has 0 saturated carbocycles. The van der Waals surface area contributed by atoms with Crippen LogP contribution in [0.1, 0.15) is 10.5 Å². The van der Waals surface area contributed by atoms with Gasteiger partial charge in [0.15, 0.2) is 0 Å². The zero-order chi connectivity index (χ0) is 9.84. The molecule has 0 saturated heterocycles. The van der Waals surface area contributed by atoms with Crippen LogP contribution in [0.4, 0.5) is 10.5 Å². The molecule has 0 aromatic carbocycles. The molecule has 6 heteroatoms. The lowest BCUT2D eigenvalue weighted by Crippen LogP contribution is -2.35. The Hall–Kier alpha value is -2.11. The fraction of sp³-hybridized carbons (Fsp3) is 0. The molecule has 13 heavy (non-hydrogen) atoms. The molecule has 0 aliphatic rings. The van der Waals surface area contributed by atoms with E-state index in [4.69, 9.17) is 11.5 Å². The molecule has 0 aliphatic carbocycles. The third kappa shape index (κ3) is 2.44. The zero-order valence-electron chi connectivity index (χ0n) is 6.65. The van der Waals surface area contributed by atoms with E-state index in [0.29, 0.717) is 5.69 Å². The maximum Gasteiger partial charge on any atom is 0.319 e. The highest BCUT2D eigenvalue weighted by molar-refractivity contribution is 6.02. The number of hydrogen-bond donors (Lipinski definition) is 3. The van der Waals surface area contributed by atoms with E-state index in [9.17, 15) is 9.59 Å². The van der Waals surface area contributed by atoms with Crippen LogP contribution >= 0.6 is 0 Å². The summed E-state index contributed by atoms with van der Waals surface area (Å²) in [6, 6.07) is 1.99. The lowest BCUT2D eigenvalue weighted by Gasteiger charge is -1.99. The molecule has 68 valence electrons.